The third kappa shape index (κ3) is 6.50. The number of fused-ring (bicyclic) bond motifs is 1. The Morgan fingerprint density at radius 2 is 1.88 bits per heavy atom. The average Bonchev–Trinajstić information content (AvgIpc) is 2.97. The molecule has 1 aliphatic carbocycles. The van der Waals surface area contributed by atoms with E-state index in [1.54, 1.807) is 0 Å². The van der Waals surface area contributed by atoms with Crippen LogP contribution in [-0.4, -0.2) is 35.6 Å². The van der Waals surface area contributed by atoms with Crippen molar-refractivity contribution in [2.75, 3.05) is 12.3 Å². The standard InChI is InChI=1S/C27H33NO3S/c1-27(2)24-18-11-12-19-25(24)28(21-13-14-22-32(29,30)31)26(27)20-10-5-3-4-7-15-23-16-8-6-9-17-23/h3-12,16,18-20,23H,13-15,17,21-22H2,1-2H3/p+1/b5-3+,7-4+,20-10+. The minimum absolute atomic E-state index is 0.138. The van der Waals surface area contributed by atoms with Crippen LogP contribution in [0.5, 0.6) is 0 Å². The molecule has 1 heterocycles. The number of para-hydroxylation sites is 1. The van der Waals surface area contributed by atoms with E-state index in [4.69, 9.17) is 4.55 Å². The van der Waals surface area contributed by atoms with Gasteiger partial charge in [0.1, 0.15) is 6.54 Å². The second-order valence-electron chi connectivity index (χ2n) is 8.89. The predicted molar refractivity (Wildman–Crippen MR) is 133 cm³/mol. The highest BCUT2D eigenvalue weighted by molar-refractivity contribution is 7.85. The van der Waals surface area contributed by atoms with Crippen LogP contribution in [0.3, 0.4) is 0 Å². The molecule has 0 amide bonds. The summed E-state index contributed by atoms with van der Waals surface area (Å²) in [5.41, 5.74) is 3.49. The van der Waals surface area contributed by atoms with Crippen molar-refractivity contribution in [2.24, 2.45) is 5.92 Å². The molecule has 32 heavy (non-hydrogen) atoms. The molecule has 170 valence electrons. The van der Waals surface area contributed by atoms with Crippen molar-refractivity contribution < 1.29 is 17.5 Å². The first-order valence-electron chi connectivity index (χ1n) is 11.3. The van der Waals surface area contributed by atoms with Crippen molar-refractivity contribution in [2.45, 2.75) is 44.9 Å². The lowest BCUT2D eigenvalue weighted by Gasteiger charge is -2.15. The Bertz CT molecular complexity index is 1090. The van der Waals surface area contributed by atoms with Crippen LogP contribution in [0.25, 0.3) is 0 Å². The number of rotatable bonds is 10. The molecule has 1 N–H and O–H groups in total. The van der Waals surface area contributed by atoms with E-state index in [2.05, 4.69) is 97.4 Å². The molecule has 1 atom stereocenters. The Labute approximate surface area is 192 Å². The molecule has 0 radical (unpaired) electrons. The van der Waals surface area contributed by atoms with Crippen molar-refractivity contribution in [3.63, 3.8) is 0 Å². The SMILES string of the molecule is CC1(C)C(/C=C/C=C/C=C/CC2C=CC=CC2)=[N+](CCCCS(=O)(=O)O)c2ccccc21. The molecule has 0 fully saturated rings. The van der Waals surface area contributed by atoms with Gasteiger partial charge in [-0.05, 0) is 39.0 Å². The molecule has 1 aromatic carbocycles. The normalized spacial score (nSPS) is 20.3. The highest BCUT2D eigenvalue weighted by Gasteiger charge is 2.43. The molecule has 2 aliphatic rings. The maximum Gasteiger partial charge on any atom is 0.264 e. The fourth-order valence-electron chi connectivity index (χ4n) is 4.35. The number of benzene rings is 1. The average molecular weight is 453 g/mol. The third-order valence-electron chi connectivity index (χ3n) is 6.06. The van der Waals surface area contributed by atoms with Crippen LogP contribution in [-0.2, 0) is 15.5 Å². The van der Waals surface area contributed by atoms with Crippen molar-refractivity contribution in [1.82, 2.24) is 0 Å². The maximum atomic E-state index is 11.0. The molecule has 1 aromatic rings. The topological polar surface area (TPSA) is 57.4 Å². The number of unbranched alkanes of at least 4 members (excludes halogenated alkanes) is 1. The summed E-state index contributed by atoms with van der Waals surface area (Å²) in [5.74, 6) is 0.405. The molecule has 0 bridgehead atoms. The Balaban J connectivity index is 1.68. The van der Waals surface area contributed by atoms with Gasteiger partial charge in [-0.1, -0.05) is 72.9 Å². The summed E-state index contributed by atoms with van der Waals surface area (Å²) in [5, 5.41) is 0. The lowest BCUT2D eigenvalue weighted by atomic mass is 9.81. The Morgan fingerprint density at radius 1 is 1.09 bits per heavy atom. The first kappa shape index (κ1) is 24.1. The molecule has 3 rings (SSSR count). The zero-order chi connectivity index (χ0) is 23.0. The highest BCUT2D eigenvalue weighted by Crippen LogP contribution is 2.39. The monoisotopic (exact) mass is 452 g/mol. The van der Waals surface area contributed by atoms with Crippen LogP contribution >= 0.6 is 0 Å². The molecule has 0 aromatic heterocycles. The summed E-state index contributed by atoms with van der Waals surface area (Å²) in [6, 6.07) is 8.38. The Kier molecular flexibility index (Phi) is 8.21. The maximum absolute atomic E-state index is 11.0. The van der Waals surface area contributed by atoms with Crippen LogP contribution in [0.2, 0.25) is 0 Å². The van der Waals surface area contributed by atoms with Gasteiger partial charge in [0.2, 0.25) is 5.69 Å². The van der Waals surface area contributed by atoms with E-state index in [0.717, 1.165) is 12.8 Å². The number of hydrogen-bond donors (Lipinski definition) is 1. The first-order chi connectivity index (χ1) is 15.3. The second-order valence-corrected chi connectivity index (χ2v) is 10.5. The van der Waals surface area contributed by atoms with E-state index >= 15 is 0 Å². The van der Waals surface area contributed by atoms with E-state index in [-0.39, 0.29) is 11.2 Å². The number of nitrogens with zero attached hydrogens (tertiary/aromatic N) is 1. The zero-order valence-electron chi connectivity index (χ0n) is 19.0. The summed E-state index contributed by atoms with van der Waals surface area (Å²) >= 11 is 0. The van der Waals surface area contributed by atoms with Gasteiger partial charge in [-0.25, -0.2) is 0 Å². The molecule has 0 spiro atoms. The molecule has 1 unspecified atom stereocenters. The van der Waals surface area contributed by atoms with Gasteiger partial charge < -0.3 is 0 Å². The van der Waals surface area contributed by atoms with Gasteiger partial charge in [-0.3, -0.25) is 4.55 Å². The van der Waals surface area contributed by atoms with Gasteiger partial charge >= 0.3 is 0 Å². The van der Waals surface area contributed by atoms with Crippen LogP contribution in [0.4, 0.5) is 5.69 Å². The molecule has 4 nitrogen and oxygen atoms in total. The summed E-state index contributed by atoms with van der Waals surface area (Å²) in [4.78, 5) is 0. The van der Waals surface area contributed by atoms with Crippen molar-refractivity contribution in [3.05, 3.63) is 90.6 Å². The fraction of sp³-hybridized carbons (Fsp3) is 0.370. The van der Waals surface area contributed by atoms with E-state index in [1.165, 1.54) is 17.0 Å². The smallest absolute Gasteiger partial charge is 0.264 e. The van der Waals surface area contributed by atoms with Crippen molar-refractivity contribution in [3.8, 4) is 0 Å². The van der Waals surface area contributed by atoms with E-state index in [1.807, 2.05) is 6.07 Å². The van der Waals surface area contributed by atoms with E-state index < -0.39 is 10.1 Å². The van der Waals surface area contributed by atoms with Gasteiger partial charge in [0.15, 0.2) is 5.71 Å². The van der Waals surface area contributed by atoms with Crippen LogP contribution < -0.4 is 0 Å². The van der Waals surface area contributed by atoms with Crippen LogP contribution in [0, 0.1) is 5.92 Å². The van der Waals surface area contributed by atoms with Gasteiger partial charge in [0, 0.05) is 24.1 Å². The van der Waals surface area contributed by atoms with Crippen LogP contribution in [0.1, 0.15) is 45.1 Å². The number of allylic oxidation sites excluding steroid dienone is 10. The van der Waals surface area contributed by atoms with Crippen molar-refractivity contribution in [1.29, 1.82) is 0 Å². The lowest BCUT2D eigenvalue weighted by molar-refractivity contribution is -0.438. The summed E-state index contributed by atoms with van der Waals surface area (Å²) < 4.78 is 33.4. The van der Waals surface area contributed by atoms with Gasteiger partial charge in [0.25, 0.3) is 10.1 Å². The van der Waals surface area contributed by atoms with Gasteiger partial charge in [-0.15, -0.1) is 0 Å². The molecule has 0 saturated carbocycles. The zero-order valence-corrected chi connectivity index (χ0v) is 19.8. The van der Waals surface area contributed by atoms with Gasteiger partial charge in [0.05, 0.1) is 11.2 Å². The van der Waals surface area contributed by atoms with Crippen LogP contribution in [0.15, 0.2) is 85.0 Å². The predicted octanol–water partition coefficient (Wildman–Crippen LogP) is 5.92. The fourth-order valence-corrected chi connectivity index (χ4v) is 4.92. The summed E-state index contributed by atoms with van der Waals surface area (Å²) in [7, 11) is -3.91. The minimum Gasteiger partial charge on any atom is -0.286 e. The molecule has 0 saturated heterocycles. The van der Waals surface area contributed by atoms with E-state index in [0.29, 0.717) is 25.3 Å². The second kappa shape index (κ2) is 10.9. The third-order valence-corrected chi connectivity index (χ3v) is 6.87. The molecule has 1 aliphatic heterocycles. The minimum atomic E-state index is -3.91. The molecule has 5 heteroatoms. The summed E-state index contributed by atoms with van der Waals surface area (Å²) in [6.07, 6.45) is 24.6. The lowest BCUT2D eigenvalue weighted by Crippen LogP contribution is -2.28. The van der Waals surface area contributed by atoms with Crippen molar-refractivity contribution >= 4 is 21.5 Å². The molecular formula is C27H34NO3S+. The summed E-state index contributed by atoms with van der Waals surface area (Å²) in [6.45, 7) is 5.15. The number of hydrogen-bond acceptors (Lipinski definition) is 2. The highest BCUT2D eigenvalue weighted by atomic mass is 32.2. The van der Waals surface area contributed by atoms with Gasteiger partial charge in [-0.2, -0.15) is 13.0 Å². The quantitative estimate of drug-likeness (QED) is 0.207. The molecular weight excluding hydrogens is 418 g/mol. The largest absolute Gasteiger partial charge is 0.286 e. The Morgan fingerprint density at radius 3 is 2.62 bits per heavy atom. The first-order valence-corrected chi connectivity index (χ1v) is 12.9. The van der Waals surface area contributed by atoms with E-state index in [9.17, 15) is 8.42 Å². The Hall–Kier alpha value is -2.50.